The Morgan fingerprint density at radius 2 is 1.91 bits per heavy atom. The van der Waals surface area contributed by atoms with E-state index in [1.165, 1.54) is 48.8 Å². The van der Waals surface area contributed by atoms with Crippen LogP contribution in [0.3, 0.4) is 0 Å². The van der Waals surface area contributed by atoms with Gasteiger partial charge in [-0.25, -0.2) is 0 Å². The molecule has 3 rings (SSSR count). The summed E-state index contributed by atoms with van der Waals surface area (Å²) in [6.45, 7) is 10.1. The molecule has 1 fully saturated rings. The van der Waals surface area contributed by atoms with Crippen LogP contribution in [0.1, 0.15) is 75.1 Å². The zero-order chi connectivity index (χ0) is 15.7. The van der Waals surface area contributed by atoms with Crippen molar-refractivity contribution in [1.82, 2.24) is 5.32 Å². The molecule has 1 atom stereocenters. The van der Waals surface area contributed by atoms with Crippen molar-refractivity contribution in [2.24, 2.45) is 5.92 Å². The minimum Gasteiger partial charge on any atom is -0.487 e. The monoisotopic (exact) mass is 301 g/mol. The predicted octanol–water partition coefficient (Wildman–Crippen LogP) is 5.08. The topological polar surface area (TPSA) is 21.3 Å². The van der Waals surface area contributed by atoms with Crippen molar-refractivity contribution in [3.63, 3.8) is 0 Å². The van der Waals surface area contributed by atoms with Gasteiger partial charge in [0, 0.05) is 18.0 Å². The molecule has 0 amide bonds. The fourth-order valence-corrected chi connectivity index (χ4v) is 4.27. The van der Waals surface area contributed by atoms with E-state index in [1.54, 1.807) is 0 Å². The third-order valence-corrected chi connectivity index (χ3v) is 5.28. The quantitative estimate of drug-likeness (QED) is 0.841. The molecule has 1 aliphatic carbocycles. The van der Waals surface area contributed by atoms with Crippen LogP contribution in [0.5, 0.6) is 5.75 Å². The lowest BCUT2D eigenvalue weighted by molar-refractivity contribution is -0.00320. The summed E-state index contributed by atoms with van der Waals surface area (Å²) >= 11 is 0. The van der Waals surface area contributed by atoms with Gasteiger partial charge in [-0.3, -0.25) is 0 Å². The van der Waals surface area contributed by atoms with Crippen molar-refractivity contribution in [2.45, 2.75) is 77.9 Å². The van der Waals surface area contributed by atoms with Gasteiger partial charge in [0.15, 0.2) is 0 Å². The Bertz CT molecular complexity index is 529. The summed E-state index contributed by atoms with van der Waals surface area (Å²) in [7, 11) is 0. The number of nitrogens with one attached hydrogen (secondary N) is 1. The van der Waals surface area contributed by atoms with E-state index in [-0.39, 0.29) is 5.60 Å². The molecule has 0 aromatic heterocycles. The molecule has 22 heavy (non-hydrogen) atoms. The molecule has 0 radical (unpaired) electrons. The molecular weight excluding hydrogens is 270 g/mol. The first-order valence-electron chi connectivity index (χ1n) is 9.03. The molecule has 2 heteroatoms. The van der Waals surface area contributed by atoms with Crippen LogP contribution in [-0.4, -0.2) is 12.1 Å². The van der Waals surface area contributed by atoms with Gasteiger partial charge in [-0.05, 0) is 69.2 Å². The van der Waals surface area contributed by atoms with Crippen LogP contribution in [0.2, 0.25) is 0 Å². The van der Waals surface area contributed by atoms with Crippen molar-refractivity contribution in [2.75, 3.05) is 6.54 Å². The van der Waals surface area contributed by atoms with Gasteiger partial charge in [-0.2, -0.15) is 0 Å². The van der Waals surface area contributed by atoms with Crippen LogP contribution in [-0.2, 0) is 0 Å². The average molecular weight is 301 g/mol. The minimum atomic E-state index is 0.0835. The molecule has 1 saturated carbocycles. The zero-order valence-electron chi connectivity index (χ0n) is 14.7. The molecule has 1 heterocycles. The van der Waals surface area contributed by atoms with Crippen molar-refractivity contribution in [3.05, 3.63) is 28.8 Å². The first kappa shape index (κ1) is 15.9. The molecule has 2 aliphatic rings. The van der Waals surface area contributed by atoms with Gasteiger partial charge < -0.3 is 10.1 Å². The highest BCUT2D eigenvalue weighted by atomic mass is 16.5. The summed E-state index contributed by atoms with van der Waals surface area (Å²) in [5.74, 6) is 1.83. The molecule has 1 N–H and O–H groups in total. The lowest BCUT2D eigenvalue weighted by atomic mass is 9.76. The number of hydrogen-bond acceptors (Lipinski definition) is 2. The van der Waals surface area contributed by atoms with E-state index >= 15 is 0 Å². The Labute approximate surface area is 135 Å². The normalized spacial score (nSPS) is 23.4. The average Bonchev–Trinajstić information content (AvgIpc) is 2.44. The second kappa shape index (κ2) is 6.23. The SMILES string of the molecule is Cc1cc(C)c2c(c1)OC1(CCCCC1)CC2NCC(C)C. The van der Waals surface area contributed by atoms with Crippen molar-refractivity contribution in [3.8, 4) is 5.75 Å². The van der Waals surface area contributed by atoms with E-state index in [0.29, 0.717) is 12.0 Å². The highest BCUT2D eigenvalue weighted by Crippen LogP contribution is 2.47. The van der Waals surface area contributed by atoms with Gasteiger partial charge >= 0.3 is 0 Å². The number of rotatable bonds is 3. The van der Waals surface area contributed by atoms with E-state index in [0.717, 1.165) is 18.7 Å². The molecular formula is C20H31NO. The summed E-state index contributed by atoms with van der Waals surface area (Å²) in [5.41, 5.74) is 4.18. The Balaban J connectivity index is 1.94. The summed E-state index contributed by atoms with van der Waals surface area (Å²) in [4.78, 5) is 0. The van der Waals surface area contributed by atoms with Crippen LogP contribution in [0, 0.1) is 19.8 Å². The molecule has 1 unspecified atom stereocenters. The summed E-state index contributed by atoms with van der Waals surface area (Å²) in [6.07, 6.45) is 7.58. The van der Waals surface area contributed by atoms with Gasteiger partial charge in [-0.1, -0.05) is 26.3 Å². The first-order valence-corrected chi connectivity index (χ1v) is 9.03. The van der Waals surface area contributed by atoms with Crippen LogP contribution < -0.4 is 10.1 Å². The molecule has 0 bridgehead atoms. The number of hydrogen-bond donors (Lipinski definition) is 1. The zero-order valence-corrected chi connectivity index (χ0v) is 14.7. The number of fused-ring (bicyclic) bond motifs is 1. The number of benzene rings is 1. The van der Waals surface area contributed by atoms with E-state index in [1.807, 2.05) is 0 Å². The maximum Gasteiger partial charge on any atom is 0.125 e. The van der Waals surface area contributed by atoms with Gasteiger partial charge in [0.2, 0.25) is 0 Å². The summed E-state index contributed by atoms with van der Waals surface area (Å²) < 4.78 is 6.62. The summed E-state index contributed by atoms with van der Waals surface area (Å²) in [5, 5.41) is 3.83. The standard InChI is InChI=1S/C20H31NO/c1-14(2)13-21-17-12-20(8-6-5-7-9-20)22-18-11-15(3)10-16(4)19(17)18/h10-11,14,17,21H,5-9,12-13H2,1-4H3. The second-order valence-corrected chi connectivity index (χ2v) is 7.90. The Morgan fingerprint density at radius 3 is 2.59 bits per heavy atom. The van der Waals surface area contributed by atoms with Crippen molar-refractivity contribution < 1.29 is 4.74 Å². The van der Waals surface area contributed by atoms with Crippen LogP contribution >= 0.6 is 0 Å². The van der Waals surface area contributed by atoms with Crippen molar-refractivity contribution >= 4 is 0 Å². The third-order valence-electron chi connectivity index (χ3n) is 5.28. The van der Waals surface area contributed by atoms with Crippen LogP contribution in [0.15, 0.2) is 12.1 Å². The predicted molar refractivity (Wildman–Crippen MR) is 92.6 cm³/mol. The number of ether oxygens (including phenoxy) is 1. The largest absolute Gasteiger partial charge is 0.487 e. The second-order valence-electron chi connectivity index (χ2n) is 7.90. The van der Waals surface area contributed by atoms with Gasteiger partial charge in [-0.15, -0.1) is 0 Å². The Hall–Kier alpha value is -1.02. The lowest BCUT2D eigenvalue weighted by Crippen LogP contribution is -2.46. The third kappa shape index (κ3) is 3.17. The molecule has 1 spiro atoms. The molecule has 1 aliphatic heterocycles. The van der Waals surface area contributed by atoms with Crippen LogP contribution in [0.25, 0.3) is 0 Å². The maximum absolute atomic E-state index is 6.62. The van der Waals surface area contributed by atoms with Gasteiger partial charge in [0.25, 0.3) is 0 Å². The number of aryl methyl sites for hydroxylation is 2. The van der Waals surface area contributed by atoms with E-state index in [9.17, 15) is 0 Å². The Morgan fingerprint density at radius 1 is 1.18 bits per heavy atom. The van der Waals surface area contributed by atoms with E-state index < -0.39 is 0 Å². The smallest absolute Gasteiger partial charge is 0.125 e. The van der Waals surface area contributed by atoms with E-state index in [4.69, 9.17) is 4.74 Å². The fourth-order valence-electron chi connectivity index (χ4n) is 4.27. The molecule has 1 aromatic rings. The fraction of sp³-hybridized carbons (Fsp3) is 0.700. The van der Waals surface area contributed by atoms with Crippen LogP contribution in [0.4, 0.5) is 0 Å². The molecule has 1 aromatic carbocycles. The minimum absolute atomic E-state index is 0.0835. The molecule has 0 saturated heterocycles. The van der Waals surface area contributed by atoms with Gasteiger partial charge in [0.05, 0.1) is 0 Å². The van der Waals surface area contributed by atoms with Gasteiger partial charge in [0.1, 0.15) is 11.4 Å². The Kier molecular flexibility index (Phi) is 4.49. The summed E-state index contributed by atoms with van der Waals surface area (Å²) in [6, 6.07) is 5.00. The highest BCUT2D eigenvalue weighted by molar-refractivity contribution is 5.47. The first-order chi connectivity index (χ1) is 10.5. The van der Waals surface area contributed by atoms with Crippen molar-refractivity contribution in [1.29, 1.82) is 0 Å². The maximum atomic E-state index is 6.62. The lowest BCUT2D eigenvalue weighted by Gasteiger charge is -2.45. The molecule has 122 valence electrons. The van der Waals surface area contributed by atoms with E-state index in [2.05, 4.69) is 45.1 Å². The molecule has 2 nitrogen and oxygen atoms in total. The highest BCUT2D eigenvalue weighted by Gasteiger charge is 2.42.